The standard InChI is InChI=1S/C19H27ClN4O2/c1-23(2)17-15(20)16(22-24(17)3)14(25)6-13-11-4-10-5-12(13)9-19(7-10,8-11)18(21)26/h10-13H,4-9H2,1-3H3,(H2,21,26). The third-order valence-corrected chi connectivity index (χ3v) is 7.41. The van der Waals surface area contributed by atoms with Crippen LogP contribution in [0.25, 0.3) is 0 Å². The fraction of sp³-hybridized carbons (Fsp3) is 0.737. The summed E-state index contributed by atoms with van der Waals surface area (Å²) in [7, 11) is 5.58. The molecule has 5 rings (SSSR count). The number of carbonyl (C=O) groups is 2. The maximum Gasteiger partial charge on any atom is 0.223 e. The third-order valence-electron chi connectivity index (χ3n) is 7.06. The number of Topliss-reactive ketones (excluding diaryl/α,β-unsaturated/α-hetero) is 1. The number of aryl methyl sites for hydroxylation is 1. The average Bonchev–Trinajstić information content (AvgIpc) is 2.84. The Bertz CT molecular complexity index is 756. The smallest absolute Gasteiger partial charge is 0.223 e. The number of rotatable bonds is 5. The van der Waals surface area contributed by atoms with E-state index in [1.165, 1.54) is 0 Å². The van der Waals surface area contributed by atoms with E-state index in [1.807, 2.05) is 19.0 Å². The summed E-state index contributed by atoms with van der Waals surface area (Å²) >= 11 is 6.44. The van der Waals surface area contributed by atoms with Crippen LogP contribution in [0.15, 0.2) is 0 Å². The third kappa shape index (κ3) is 2.56. The molecule has 0 aliphatic heterocycles. The van der Waals surface area contributed by atoms with E-state index in [4.69, 9.17) is 17.3 Å². The van der Waals surface area contributed by atoms with Crippen molar-refractivity contribution >= 4 is 29.1 Å². The molecule has 142 valence electrons. The lowest BCUT2D eigenvalue weighted by Crippen LogP contribution is -2.56. The molecule has 2 unspecified atom stereocenters. The van der Waals surface area contributed by atoms with Gasteiger partial charge in [0.15, 0.2) is 5.78 Å². The average molecular weight is 379 g/mol. The number of primary amides is 1. The van der Waals surface area contributed by atoms with Gasteiger partial charge in [-0.15, -0.1) is 0 Å². The van der Waals surface area contributed by atoms with Crippen molar-refractivity contribution in [3.05, 3.63) is 10.7 Å². The molecule has 4 aliphatic carbocycles. The monoisotopic (exact) mass is 378 g/mol. The highest BCUT2D eigenvalue weighted by Gasteiger charge is 2.57. The molecule has 2 atom stereocenters. The number of carbonyl (C=O) groups excluding carboxylic acids is 2. The van der Waals surface area contributed by atoms with E-state index in [-0.39, 0.29) is 17.1 Å². The predicted octanol–water partition coefficient (Wildman–Crippen LogP) is 2.64. The second-order valence-corrected chi connectivity index (χ2v) is 9.29. The predicted molar refractivity (Wildman–Crippen MR) is 100 cm³/mol. The molecule has 0 spiro atoms. The Morgan fingerprint density at radius 3 is 2.38 bits per heavy atom. The maximum absolute atomic E-state index is 13.0. The molecule has 26 heavy (non-hydrogen) atoms. The SMILES string of the molecule is CN(C)c1c(Cl)c(C(=O)CC2C3CC4CC2CC(C(N)=O)(C4)C3)nn1C. The minimum Gasteiger partial charge on any atom is -0.369 e. The van der Waals surface area contributed by atoms with Crippen LogP contribution in [0.1, 0.15) is 49.0 Å². The van der Waals surface area contributed by atoms with Crippen molar-refractivity contribution < 1.29 is 9.59 Å². The van der Waals surface area contributed by atoms with Gasteiger partial charge in [-0.1, -0.05) is 11.6 Å². The number of nitrogens with zero attached hydrogens (tertiary/aromatic N) is 3. The normalized spacial score (nSPS) is 34.9. The second kappa shape index (κ2) is 5.98. The zero-order chi connectivity index (χ0) is 18.8. The van der Waals surface area contributed by atoms with Crippen LogP contribution in [0.2, 0.25) is 5.02 Å². The highest BCUT2D eigenvalue weighted by molar-refractivity contribution is 6.36. The molecular weight excluding hydrogens is 352 g/mol. The number of halogens is 1. The van der Waals surface area contributed by atoms with Crippen molar-refractivity contribution in [1.82, 2.24) is 9.78 Å². The minimum absolute atomic E-state index is 0.0179. The van der Waals surface area contributed by atoms with Crippen LogP contribution in [0, 0.1) is 29.1 Å². The highest BCUT2D eigenvalue weighted by atomic mass is 35.5. The van der Waals surface area contributed by atoms with Crippen molar-refractivity contribution in [3.63, 3.8) is 0 Å². The molecule has 4 saturated carbocycles. The molecule has 0 saturated heterocycles. The van der Waals surface area contributed by atoms with Crippen molar-refractivity contribution in [1.29, 1.82) is 0 Å². The van der Waals surface area contributed by atoms with E-state index in [9.17, 15) is 9.59 Å². The van der Waals surface area contributed by atoms with Gasteiger partial charge in [-0.25, -0.2) is 0 Å². The number of hydrogen-bond acceptors (Lipinski definition) is 4. The van der Waals surface area contributed by atoms with Gasteiger partial charge in [-0.3, -0.25) is 14.3 Å². The number of aromatic nitrogens is 2. The second-order valence-electron chi connectivity index (χ2n) is 8.91. The quantitative estimate of drug-likeness (QED) is 0.798. The van der Waals surface area contributed by atoms with E-state index in [0.717, 1.165) is 37.9 Å². The summed E-state index contributed by atoms with van der Waals surface area (Å²) in [6.07, 6.45) is 5.39. The molecule has 6 nitrogen and oxygen atoms in total. The molecule has 7 heteroatoms. The lowest BCUT2D eigenvalue weighted by atomic mass is 9.45. The van der Waals surface area contributed by atoms with Gasteiger partial charge >= 0.3 is 0 Å². The molecule has 4 aliphatic rings. The van der Waals surface area contributed by atoms with Crippen molar-refractivity contribution in [2.75, 3.05) is 19.0 Å². The lowest BCUT2D eigenvalue weighted by molar-refractivity contribution is -0.149. The topological polar surface area (TPSA) is 81.2 Å². The lowest BCUT2D eigenvalue weighted by Gasteiger charge is -2.58. The molecule has 1 heterocycles. The summed E-state index contributed by atoms with van der Waals surface area (Å²) in [5, 5.41) is 4.81. The summed E-state index contributed by atoms with van der Waals surface area (Å²) in [5.74, 6) is 2.40. The van der Waals surface area contributed by atoms with Gasteiger partial charge in [-0.2, -0.15) is 5.10 Å². The molecule has 2 N–H and O–H groups in total. The summed E-state index contributed by atoms with van der Waals surface area (Å²) < 4.78 is 1.66. The van der Waals surface area contributed by atoms with Gasteiger partial charge in [0.25, 0.3) is 0 Å². The van der Waals surface area contributed by atoms with Gasteiger partial charge in [-0.05, 0) is 55.8 Å². The molecule has 4 fully saturated rings. The Morgan fingerprint density at radius 1 is 1.27 bits per heavy atom. The molecular formula is C19H27ClN4O2. The molecule has 0 radical (unpaired) electrons. The fourth-order valence-electron chi connectivity index (χ4n) is 6.23. The number of ketones is 1. The first-order chi connectivity index (χ1) is 12.2. The molecule has 1 amide bonds. The van der Waals surface area contributed by atoms with Crippen LogP contribution < -0.4 is 10.6 Å². The number of nitrogens with two attached hydrogens (primary N) is 1. The van der Waals surface area contributed by atoms with Gasteiger partial charge in [0.1, 0.15) is 16.5 Å². The summed E-state index contributed by atoms with van der Waals surface area (Å²) in [6, 6.07) is 0. The Labute approximate surface area is 159 Å². The maximum atomic E-state index is 13.0. The van der Waals surface area contributed by atoms with E-state index in [2.05, 4.69) is 5.10 Å². The van der Waals surface area contributed by atoms with Gasteiger partial charge in [0, 0.05) is 33.0 Å². The first-order valence-corrected chi connectivity index (χ1v) is 9.82. The van der Waals surface area contributed by atoms with Crippen molar-refractivity contribution in [2.24, 2.45) is 41.9 Å². The van der Waals surface area contributed by atoms with E-state index >= 15 is 0 Å². The van der Waals surface area contributed by atoms with Crippen LogP contribution in [0.3, 0.4) is 0 Å². The van der Waals surface area contributed by atoms with Crippen LogP contribution in [-0.2, 0) is 11.8 Å². The Balaban J connectivity index is 1.55. The van der Waals surface area contributed by atoms with Gasteiger partial charge < -0.3 is 10.6 Å². The Morgan fingerprint density at radius 2 is 1.88 bits per heavy atom. The van der Waals surface area contributed by atoms with Crippen LogP contribution >= 0.6 is 11.6 Å². The fourth-order valence-corrected chi connectivity index (χ4v) is 6.66. The summed E-state index contributed by atoms with van der Waals surface area (Å²) in [5.41, 5.74) is 5.82. The minimum atomic E-state index is -0.309. The van der Waals surface area contributed by atoms with E-state index in [0.29, 0.717) is 40.8 Å². The van der Waals surface area contributed by atoms with Gasteiger partial charge in [0.2, 0.25) is 5.91 Å². The Hall–Kier alpha value is -1.56. The zero-order valence-electron chi connectivity index (χ0n) is 15.7. The van der Waals surface area contributed by atoms with Crippen LogP contribution in [-0.4, -0.2) is 35.6 Å². The largest absolute Gasteiger partial charge is 0.369 e. The number of anilines is 1. The van der Waals surface area contributed by atoms with Crippen molar-refractivity contribution in [2.45, 2.75) is 38.5 Å². The Kier molecular flexibility index (Phi) is 4.10. The van der Waals surface area contributed by atoms with Crippen LogP contribution in [0.5, 0.6) is 0 Å². The summed E-state index contributed by atoms with van der Waals surface area (Å²) in [4.78, 5) is 26.9. The van der Waals surface area contributed by atoms with E-state index < -0.39 is 0 Å². The molecule has 1 aromatic rings. The van der Waals surface area contributed by atoms with E-state index in [1.54, 1.807) is 11.7 Å². The van der Waals surface area contributed by atoms with Crippen molar-refractivity contribution in [3.8, 4) is 0 Å². The number of amides is 1. The molecule has 0 aromatic carbocycles. The van der Waals surface area contributed by atoms with Gasteiger partial charge in [0.05, 0.1) is 0 Å². The zero-order valence-corrected chi connectivity index (χ0v) is 16.4. The first kappa shape index (κ1) is 17.8. The highest BCUT2D eigenvalue weighted by Crippen LogP contribution is 2.62. The van der Waals surface area contributed by atoms with Crippen LogP contribution in [0.4, 0.5) is 5.82 Å². The molecule has 1 aromatic heterocycles. The summed E-state index contributed by atoms with van der Waals surface area (Å²) in [6.45, 7) is 0. The first-order valence-electron chi connectivity index (χ1n) is 9.45. The number of hydrogen-bond donors (Lipinski definition) is 1. The molecule has 4 bridgehead atoms.